The highest BCUT2D eigenvalue weighted by molar-refractivity contribution is 6.32. The predicted molar refractivity (Wildman–Crippen MR) is 110 cm³/mol. The van der Waals surface area contributed by atoms with E-state index >= 15 is 0 Å². The van der Waals surface area contributed by atoms with Gasteiger partial charge in [0, 0.05) is 18.7 Å². The molecule has 166 valence electrons. The average molecular weight is 455 g/mol. The summed E-state index contributed by atoms with van der Waals surface area (Å²) in [7, 11) is 0. The quantitative estimate of drug-likeness (QED) is 0.665. The van der Waals surface area contributed by atoms with Crippen molar-refractivity contribution in [2.24, 2.45) is 0 Å². The molecule has 0 aromatic heterocycles. The van der Waals surface area contributed by atoms with Gasteiger partial charge in [-0.3, -0.25) is 4.79 Å². The molecule has 0 spiro atoms. The monoisotopic (exact) mass is 454 g/mol. The van der Waals surface area contributed by atoms with Gasteiger partial charge in [-0.15, -0.1) is 0 Å². The van der Waals surface area contributed by atoms with Crippen molar-refractivity contribution in [1.82, 2.24) is 10.2 Å². The van der Waals surface area contributed by atoms with E-state index in [2.05, 4.69) is 0 Å². The van der Waals surface area contributed by atoms with Crippen LogP contribution in [0.1, 0.15) is 10.4 Å². The Labute approximate surface area is 182 Å². The van der Waals surface area contributed by atoms with Crippen LogP contribution < -0.4 is 10.1 Å². The first-order chi connectivity index (χ1) is 14.7. The molecule has 1 heterocycles. The molecule has 2 N–H and O–H groups in total. The van der Waals surface area contributed by atoms with E-state index in [1.807, 2.05) is 0 Å². The molecule has 31 heavy (non-hydrogen) atoms. The van der Waals surface area contributed by atoms with Crippen molar-refractivity contribution >= 4 is 23.6 Å². The molecule has 1 aliphatic rings. The Hall–Kier alpha value is -2.91. The summed E-state index contributed by atoms with van der Waals surface area (Å²) in [6.07, 6.45) is -1.54. The van der Waals surface area contributed by atoms with Gasteiger partial charge in [0.1, 0.15) is 5.75 Å². The van der Waals surface area contributed by atoms with Crippen molar-refractivity contribution in [2.75, 3.05) is 39.5 Å². The molecule has 0 atom stereocenters. The first-order valence-electron chi connectivity index (χ1n) is 9.50. The summed E-state index contributed by atoms with van der Waals surface area (Å²) in [6.45, 7) is 0.0852. The maximum absolute atomic E-state index is 13.7. The molecule has 0 bridgehead atoms. The van der Waals surface area contributed by atoms with Crippen LogP contribution in [-0.2, 0) is 4.74 Å². The number of hydrogen-bond acceptors (Lipinski definition) is 4. The Balaban J connectivity index is 1.64. The van der Waals surface area contributed by atoms with Crippen molar-refractivity contribution < 1.29 is 33.0 Å². The summed E-state index contributed by atoms with van der Waals surface area (Å²) < 4.78 is 37.6. The Bertz CT molecular complexity index is 934. The van der Waals surface area contributed by atoms with Gasteiger partial charge in [0.15, 0.2) is 6.61 Å². The van der Waals surface area contributed by atoms with Gasteiger partial charge in [-0.2, -0.15) is 0 Å². The third-order valence-electron chi connectivity index (χ3n) is 4.63. The third kappa shape index (κ3) is 6.28. The standard InChI is InChI=1S/C21H21ClF2N2O5/c22-17-11-16(5-6-18(17)31-13-21(23,24)12-25-20(28)29)14-1-3-15(4-2-14)19(27)26-7-9-30-10-8-26/h1-6,11,25H,7-10,12-13H2,(H,28,29). The number of amides is 2. The second-order valence-corrected chi connectivity index (χ2v) is 7.34. The van der Waals surface area contributed by atoms with Crippen LogP contribution in [0.4, 0.5) is 13.6 Å². The van der Waals surface area contributed by atoms with Crippen LogP contribution in [0.25, 0.3) is 11.1 Å². The molecule has 1 aliphatic heterocycles. The molecule has 10 heteroatoms. The number of nitrogens with zero attached hydrogens (tertiary/aromatic N) is 1. The smallest absolute Gasteiger partial charge is 0.404 e. The molecule has 0 saturated carbocycles. The number of morpholine rings is 1. The lowest BCUT2D eigenvalue weighted by molar-refractivity contribution is -0.0377. The first-order valence-corrected chi connectivity index (χ1v) is 9.87. The molecule has 2 aromatic rings. The molecule has 3 rings (SSSR count). The van der Waals surface area contributed by atoms with Crippen LogP contribution in [0.15, 0.2) is 42.5 Å². The average Bonchev–Trinajstić information content (AvgIpc) is 2.77. The topological polar surface area (TPSA) is 88.1 Å². The second-order valence-electron chi connectivity index (χ2n) is 6.93. The fourth-order valence-electron chi connectivity index (χ4n) is 2.99. The summed E-state index contributed by atoms with van der Waals surface area (Å²) in [6, 6.07) is 11.7. The number of halogens is 3. The van der Waals surface area contributed by atoms with E-state index in [0.29, 0.717) is 31.9 Å². The van der Waals surface area contributed by atoms with E-state index in [9.17, 15) is 18.4 Å². The molecule has 1 fully saturated rings. The lowest BCUT2D eigenvalue weighted by Crippen LogP contribution is -2.40. The van der Waals surface area contributed by atoms with Crippen LogP contribution in [0.3, 0.4) is 0 Å². The van der Waals surface area contributed by atoms with Crippen LogP contribution >= 0.6 is 11.6 Å². The fraction of sp³-hybridized carbons (Fsp3) is 0.333. The number of alkyl halides is 2. The van der Waals surface area contributed by atoms with Gasteiger partial charge in [-0.1, -0.05) is 29.8 Å². The van der Waals surface area contributed by atoms with E-state index in [-0.39, 0.29) is 16.7 Å². The number of hydrogen-bond donors (Lipinski definition) is 2. The number of ether oxygens (including phenoxy) is 2. The minimum absolute atomic E-state index is 0.0551. The van der Waals surface area contributed by atoms with Gasteiger partial charge in [-0.05, 0) is 35.4 Å². The third-order valence-corrected chi connectivity index (χ3v) is 4.93. The van der Waals surface area contributed by atoms with E-state index in [0.717, 1.165) is 11.1 Å². The first kappa shape index (κ1) is 22.8. The Morgan fingerprint density at radius 3 is 2.39 bits per heavy atom. The Kier molecular flexibility index (Phi) is 7.29. The van der Waals surface area contributed by atoms with Crippen molar-refractivity contribution in [1.29, 1.82) is 0 Å². The highest BCUT2D eigenvalue weighted by Crippen LogP contribution is 2.31. The normalized spacial score (nSPS) is 14.2. The van der Waals surface area contributed by atoms with Gasteiger partial charge in [0.2, 0.25) is 0 Å². The minimum Gasteiger partial charge on any atom is -0.486 e. The maximum atomic E-state index is 13.7. The zero-order valence-electron chi connectivity index (χ0n) is 16.4. The SMILES string of the molecule is O=C(O)NCC(F)(F)COc1ccc(-c2ccc(C(=O)N3CCOCC3)cc2)cc1Cl. The molecule has 0 radical (unpaired) electrons. The van der Waals surface area contributed by atoms with Crippen molar-refractivity contribution in [3.05, 3.63) is 53.1 Å². The number of carboxylic acid groups (broad SMARTS) is 1. The minimum atomic E-state index is -3.39. The van der Waals surface area contributed by atoms with Crippen LogP contribution in [0.5, 0.6) is 5.75 Å². The van der Waals surface area contributed by atoms with Gasteiger partial charge >= 0.3 is 6.09 Å². The molecular formula is C21H21ClF2N2O5. The highest BCUT2D eigenvalue weighted by atomic mass is 35.5. The molecule has 1 saturated heterocycles. The fourth-order valence-corrected chi connectivity index (χ4v) is 3.23. The van der Waals surface area contributed by atoms with Crippen LogP contribution in [-0.4, -0.2) is 67.4 Å². The molecule has 2 amide bonds. The summed E-state index contributed by atoms with van der Waals surface area (Å²) in [5.41, 5.74) is 2.08. The van der Waals surface area contributed by atoms with E-state index < -0.39 is 25.2 Å². The molecule has 7 nitrogen and oxygen atoms in total. The number of carbonyl (C=O) groups excluding carboxylic acids is 1. The lowest BCUT2D eigenvalue weighted by Gasteiger charge is -2.26. The number of nitrogens with one attached hydrogen (secondary N) is 1. The molecule has 0 aliphatic carbocycles. The summed E-state index contributed by atoms with van der Waals surface area (Å²) in [5.74, 6) is -3.39. The molecule has 2 aromatic carbocycles. The summed E-state index contributed by atoms with van der Waals surface area (Å²) >= 11 is 6.17. The number of carbonyl (C=O) groups is 2. The number of benzene rings is 2. The van der Waals surface area contributed by atoms with Crippen LogP contribution in [0, 0.1) is 0 Å². The maximum Gasteiger partial charge on any atom is 0.404 e. The van der Waals surface area contributed by atoms with Gasteiger partial charge in [0.25, 0.3) is 11.8 Å². The molecular weight excluding hydrogens is 434 g/mol. The van der Waals surface area contributed by atoms with E-state index in [1.54, 1.807) is 46.6 Å². The molecule has 0 unspecified atom stereocenters. The number of rotatable bonds is 7. The van der Waals surface area contributed by atoms with Gasteiger partial charge < -0.3 is 24.8 Å². The van der Waals surface area contributed by atoms with E-state index in [1.165, 1.54) is 6.07 Å². The second kappa shape index (κ2) is 9.93. The summed E-state index contributed by atoms with van der Waals surface area (Å²) in [5, 5.41) is 10.2. The zero-order valence-corrected chi connectivity index (χ0v) is 17.2. The Morgan fingerprint density at radius 2 is 1.77 bits per heavy atom. The van der Waals surface area contributed by atoms with Gasteiger partial charge in [0.05, 0.1) is 24.8 Å². The zero-order chi connectivity index (χ0) is 22.4. The van der Waals surface area contributed by atoms with Crippen molar-refractivity contribution in [3.63, 3.8) is 0 Å². The summed E-state index contributed by atoms with van der Waals surface area (Å²) in [4.78, 5) is 24.6. The lowest BCUT2D eigenvalue weighted by atomic mass is 10.0. The Morgan fingerprint density at radius 1 is 1.13 bits per heavy atom. The van der Waals surface area contributed by atoms with E-state index in [4.69, 9.17) is 26.2 Å². The highest BCUT2D eigenvalue weighted by Gasteiger charge is 2.31. The van der Waals surface area contributed by atoms with Crippen molar-refractivity contribution in [2.45, 2.75) is 5.92 Å². The van der Waals surface area contributed by atoms with Crippen molar-refractivity contribution in [3.8, 4) is 16.9 Å². The van der Waals surface area contributed by atoms with Gasteiger partial charge in [-0.25, -0.2) is 13.6 Å². The van der Waals surface area contributed by atoms with Crippen LogP contribution in [0.2, 0.25) is 5.02 Å². The predicted octanol–water partition coefficient (Wildman–Crippen LogP) is 3.76. The largest absolute Gasteiger partial charge is 0.486 e.